The topological polar surface area (TPSA) is 46.5 Å². The van der Waals surface area contributed by atoms with Crippen molar-refractivity contribution in [2.45, 2.75) is 64.1 Å². The third-order valence-electron chi connectivity index (χ3n) is 7.50. The molecule has 4 rings (SSSR count). The highest BCUT2D eigenvalue weighted by atomic mass is 19.4. The van der Waals surface area contributed by atoms with Crippen LogP contribution in [0.4, 0.5) is 13.2 Å². The molecule has 0 saturated heterocycles. The van der Waals surface area contributed by atoms with Crippen molar-refractivity contribution < 1.29 is 27.8 Å². The minimum Gasteiger partial charge on any atom is -0.489 e. The van der Waals surface area contributed by atoms with Crippen molar-refractivity contribution in [2.24, 2.45) is 11.3 Å². The first-order valence-corrected chi connectivity index (χ1v) is 10.7. The Morgan fingerprint density at radius 2 is 1.84 bits per heavy atom. The molecular weight excluding hydrogens is 405 g/mol. The minimum absolute atomic E-state index is 0.0592. The van der Waals surface area contributed by atoms with Gasteiger partial charge in [0.05, 0.1) is 11.0 Å². The number of benzene rings is 2. The van der Waals surface area contributed by atoms with Gasteiger partial charge in [-0.1, -0.05) is 31.5 Å². The van der Waals surface area contributed by atoms with Gasteiger partial charge in [0.25, 0.3) is 0 Å². The number of carboxylic acid groups (broad SMARTS) is 1. The summed E-state index contributed by atoms with van der Waals surface area (Å²) in [7, 11) is 0. The second-order valence-electron chi connectivity index (χ2n) is 9.39. The summed E-state index contributed by atoms with van der Waals surface area (Å²) in [6, 6.07) is 10.9. The average Bonchev–Trinajstić information content (AvgIpc) is 2.72. The van der Waals surface area contributed by atoms with Crippen molar-refractivity contribution in [3.05, 3.63) is 64.7 Å². The Morgan fingerprint density at radius 3 is 2.48 bits per heavy atom. The zero-order chi connectivity index (χ0) is 22.4. The number of carbonyl (C=O) groups is 1. The smallest absolute Gasteiger partial charge is 0.416 e. The number of rotatable bonds is 4. The lowest BCUT2D eigenvalue weighted by atomic mass is 9.50. The molecule has 2 aliphatic rings. The molecule has 0 heterocycles. The summed E-state index contributed by atoms with van der Waals surface area (Å²) in [4.78, 5) is 12.1. The molecule has 3 atom stereocenters. The minimum atomic E-state index is -4.35. The zero-order valence-corrected chi connectivity index (χ0v) is 17.8. The van der Waals surface area contributed by atoms with E-state index in [0.717, 1.165) is 43.4 Å². The first kappa shape index (κ1) is 21.7. The summed E-state index contributed by atoms with van der Waals surface area (Å²) in [6.45, 7) is 4.23. The maximum Gasteiger partial charge on any atom is 0.416 e. The highest BCUT2D eigenvalue weighted by Gasteiger charge is 2.55. The molecule has 0 bridgehead atoms. The fourth-order valence-electron chi connectivity index (χ4n) is 5.74. The van der Waals surface area contributed by atoms with E-state index in [1.807, 2.05) is 25.1 Å². The van der Waals surface area contributed by atoms with Gasteiger partial charge >= 0.3 is 12.1 Å². The Bertz CT molecular complexity index is 982. The van der Waals surface area contributed by atoms with Crippen LogP contribution in [0.15, 0.2) is 42.5 Å². The number of aryl methyl sites for hydroxylation is 1. The van der Waals surface area contributed by atoms with Gasteiger partial charge in [-0.2, -0.15) is 13.2 Å². The zero-order valence-electron chi connectivity index (χ0n) is 17.8. The van der Waals surface area contributed by atoms with Crippen molar-refractivity contribution in [3.8, 4) is 5.75 Å². The van der Waals surface area contributed by atoms with Gasteiger partial charge in [-0.15, -0.1) is 0 Å². The van der Waals surface area contributed by atoms with Crippen LogP contribution in [0, 0.1) is 11.3 Å². The molecule has 1 saturated carbocycles. The normalized spacial score (nSPS) is 27.8. The van der Waals surface area contributed by atoms with Crippen LogP contribution < -0.4 is 4.74 Å². The maximum atomic E-state index is 12.7. The quantitative estimate of drug-likeness (QED) is 0.610. The summed E-state index contributed by atoms with van der Waals surface area (Å²) >= 11 is 0. The van der Waals surface area contributed by atoms with Gasteiger partial charge < -0.3 is 9.84 Å². The molecular formula is C25H27F3O3. The van der Waals surface area contributed by atoms with Crippen molar-refractivity contribution in [1.29, 1.82) is 0 Å². The third-order valence-corrected chi connectivity index (χ3v) is 7.50. The molecule has 1 N–H and O–H groups in total. The Balaban J connectivity index is 1.56. The molecule has 2 aromatic rings. The second-order valence-corrected chi connectivity index (χ2v) is 9.39. The maximum absolute atomic E-state index is 12.7. The summed E-state index contributed by atoms with van der Waals surface area (Å²) < 4.78 is 44.1. The summed E-state index contributed by atoms with van der Waals surface area (Å²) in [6.07, 6.45) is -0.145. The van der Waals surface area contributed by atoms with Crippen LogP contribution >= 0.6 is 0 Å². The van der Waals surface area contributed by atoms with Gasteiger partial charge in [0, 0.05) is 0 Å². The number of carboxylic acids is 1. The number of aliphatic carboxylic acids is 1. The second kappa shape index (κ2) is 7.57. The molecule has 2 aliphatic carbocycles. The van der Waals surface area contributed by atoms with Gasteiger partial charge in [0.2, 0.25) is 0 Å². The summed E-state index contributed by atoms with van der Waals surface area (Å²) in [5.74, 6) is -0.00591. The highest BCUT2D eigenvalue weighted by Crippen LogP contribution is 2.57. The molecule has 0 aromatic heterocycles. The fraction of sp³-hybridized carbons (Fsp3) is 0.480. The molecule has 0 amide bonds. The Labute approximate surface area is 180 Å². The number of ether oxygens (including phenoxy) is 1. The average molecular weight is 432 g/mol. The Hall–Kier alpha value is -2.50. The van der Waals surface area contributed by atoms with E-state index in [9.17, 15) is 23.1 Å². The predicted octanol–water partition coefficient (Wildman–Crippen LogP) is 6.38. The number of alkyl halides is 3. The van der Waals surface area contributed by atoms with Crippen LogP contribution in [0.25, 0.3) is 0 Å². The lowest BCUT2D eigenvalue weighted by Gasteiger charge is -2.53. The first-order chi connectivity index (χ1) is 14.5. The molecule has 0 radical (unpaired) electrons. The van der Waals surface area contributed by atoms with Crippen molar-refractivity contribution in [2.75, 3.05) is 0 Å². The molecule has 0 unspecified atom stereocenters. The number of hydrogen-bond donors (Lipinski definition) is 1. The first-order valence-electron chi connectivity index (χ1n) is 10.7. The van der Waals surface area contributed by atoms with Crippen LogP contribution in [0.3, 0.4) is 0 Å². The Morgan fingerprint density at radius 1 is 1.13 bits per heavy atom. The molecule has 0 aliphatic heterocycles. The molecule has 3 nitrogen and oxygen atoms in total. The lowest BCUT2D eigenvalue weighted by Crippen LogP contribution is -2.52. The number of halogens is 3. The van der Waals surface area contributed by atoms with E-state index < -0.39 is 23.1 Å². The van der Waals surface area contributed by atoms with Gasteiger partial charge in [-0.25, -0.2) is 0 Å². The van der Waals surface area contributed by atoms with E-state index in [1.165, 1.54) is 17.7 Å². The molecule has 2 aromatic carbocycles. The van der Waals surface area contributed by atoms with Gasteiger partial charge in [0.1, 0.15) is 12.4 Å². The van der Waals surface area contributed by atoms with Crippen LogP contribution in [0.1, 0.15) is 61.8 Å². The van der Waals surface area contributed by atoms with Crippen LogP contribution in [0.5, 0.6) is 5.75 Å². The molecule has 31 heavy (non-hydrogen) atoms. The predicted molar refractivity (Wildman–Crippen MR) is 111 cm³/mol. The van der Waals surface area contributed by atoms with Crippen molar-refractivity contribution >= 4 is 5.97 Å². The molecule has 0 spiro atoms. The van der Waals surface area contributed by atoms with E-state index >= 15 is 0 Å². The molecule has 6 heteroatoms. The standard InChI is InChI=1S/C25H27F3O3/c1-23-12-3-13-24(2,22(29)30)21(23)11-7-17-6-10-19(14-20(17)23)31-15-16-4-8-18(9-5-16)25(26,27)28/h4-6,8-10,14,21H,3,7,11-13,15H2,1-2H3,(H,29,30)/t21-,23-,24+/m1/s1. The lowest BCUT2D eigenvalue weighted by molar-refractivity contribution is -0.157. The Kier molecular flexibility index (Phi) is 5.31. The van der Waals surface area contributed by atoms with Gasteiger partial charge in [-0.3, -0.25) is 4.79 Å². The monoisotopic (exact) mass is 432 g/mol. The molecule has 1 fully saturated rings. The van der Waals surface area contributed by atoms with Crippen LogP contribution in [0.2, 0.25) is 0 Å². The third kappa shape index (κ3) is 3.81. The van der Waals surface area contributed by atoms with E-state index in [2.05, 4.69) is 6.92 Å². The van der Waals surface area contributed by atoms with Crippen molar-refractivity contribution in [3.63, 3.8) is 0 Å². The summed E-state index contributed by atoms with van der Waals surface area (Å²) in [5.41, 5.74) is 1.40. The van der Waals surface area contributed by atoms with Crippen molar-refractivity contribution in [1.82, 2.24) is 0 Å². The number of fused-ring (bicyclic) bond motifs is 3. The highest BCUT2D eigenvalue weighted by molar-refractivity contribution is 5.75. The van der Waals surface area contributed by atoms with E-state index in [-0.39, 0.29) is 17.9 Å². The van der Waals surface area contributed by atoms with E-state index in [0.29, 0.717) is 17.7 Å². The fourth-order valence-corrected chi connectivity index (χ4v) is 5.74. The van der Waals surface area contributed by atoms with Crippen LogP contribution in [-0.2, 0) is 29.4 Å². The SMILES string of the molecule is C[C@]1(C(=O)O)CCC[C@]2(C)c3cc(OCc4ccc(C(F)(F)F)cc4)ccc3CC[C@@H]12. The summed E-state index contributed by atoms with van der Waals surface area (Å²) in [5, 5.41) is 9.94. The number of hydrogen-bond acceptors (Lipinski definition) is 2. The molecule has 166 valence electrons. The van der Waals surface area contributed by atoms with Crippen LogP contribution in [-0.4, -0.2) is 11.1 Å². The largest absolute Gasteiger partial charge is 0.489 e. The van der Waals surface area contributed by atoms with Gasteiger partial charge in [0.15, 0.2) is 0 Å². The van der Waals surface area contributed by atoms with Gasteiger partial charge in [-0.05, 0) is 84.9 Å². The van der Waals surface area contributed by atoms with E-state index in [1.54, 1.807) is 0 Å². The van der Waals surface area contributed by atoms with E-state index in [4.69, 9.17) is 4.74 Å².